The zero-order valence-electron chi connectivity index (χ0n) is 11.3. The predicted molar refractivity (Wildman–Crippen MR) is 85.9 cm³/mol. The van der Waals surface area contributed by atoms with Crippen molar-refractivity contribution in [2.75, 3.05) is 11.9 Å². The topological polar surface area (TPSA) is 61.8 Å². The van der Waals surface area contributed by atoms with Crippen LogP contribution in [0, 0.1) is 6.92 Å². The molecule has 0 heterocycles. The van der Waals surface area contributed by atoms with Crippen molar-refractivity contribution in [2.45, 2.75) is 6.92 Å². The van der Waals surface area contributed by atoms with Gasteiger partial charge in [0.05, 0.1) is 0 Å². The highest BCUT2D eigenvalue weighted by molar-refractivity contribution is 9.10. The first-order valence-corrected chi connectivity index (χ1v) is 6.90. The van der Waals surface area contributed by atoms with Gasteiger partial charge in [-0.1, -0.05) is 17.3 Å². The number of hydrogen-bond donors (Lipinski definition) is 2. The number of rotatable bonds is 3. The van der Waals surface area contributed by atoms with E-state index in [1.165, 1.54) is 5.56 Å². The lowest BCUT2D eigenvalue weighted by Gasteiger charge is -2.21. The van der Waals surface area contributed by atoms with Crippen LogP contribution in [-0.4, -0.2) is 18.1 Å². The number of oxime groups is 1. The molecule has 2 aromatic rings. The molecule has 0 saturated carbocycles. The Morgan fingerprint density at radius 1 is 1.20 bits per heavy atom. The summed E-state index contributed by atoms with van der Waals surface area (Å²) in [5.74, 6) is 0.0848. The lowest BCUT2D eigenvalue weighted by atomic mass is 10.1. The molecule has 0 aliphatic heterocycles. The third kappa shape index (κ3) is 2.93. The maximum atomic E-state index is 8.73. The highest BCUT2D eigenvalue weighted by Gasteiger charge is 2.09. The van der Waals surface area contributed by atoms with Crippen LogP contribution in [0.2, 0.25) is 0 Å². The van der Waals surface area contributed by atoms with Gasteiger partial charge in [0.2, 0.25) is 0 Å². The molecule has 0 amide bonds. The first-order chi connectivity index (χ1) is 9.52. The number of benzene rings is 2. The van der Waals surface area contributed by atoms with Gasteiger partial charge in [-0.2, -0.15) is 0 Å². The Labute approximate surface area is 126 Å². The Kier molecular flexibility index (Phi) is 4.29. The van der Waals surface area contributed by atoms with Gasteiger partial charge in [0.15, 0.2) is 5.84 Å². The van der Waals surface area contributed by atoms with Crippen LogP contribution in [0.1, 0.15) is 11.1 Å². The van der Waals surface area contributed by atoms with Crippen molar-refractivity contribution in [1.29, 1.82) is 0 Å². The maximum Gasteiger partial charge on any atom is 0.171 e. The lowest BCUT2D eigenvalue weighted by Crippen LogP contribution is -2.15. The molecule has 2 aromatic carbocycles. The molecule has 20 heavy (non-hydrogen) atoms. The van der Waals surface area contributed by atoms with Crippen molar-refractivity contribution in [3.63, 3.8) is 0 Å². The smallest absolute Gasteiger partial charge is 0.171 e. The molecule has 5 heteroatoms. The third-order valence-electron chi connectivity index (χ3n) is 3.11. The first kappa shape index (κ1) is 14.4. The summed E-state index contributed by atoms with van der Waals surface area (Å²) in [5, 5.41) is 11.7. The zero-order valence-corrected chi connectivity index (χ0v) is 12.9. The van der Waals surface area contributed by atoms with E-state index in [2.05, 4.69) is 51.1 Å². The second-order valence-electron chi connectivity index (χ2n) is 4.55. The highest BCUT2D eigenvalue weighted by atomic mass is 79.9. The van der Waals surface area contributed by atoms with E-state index in [1.54, 1.807) is 0 Å². The quantitative estimate of drug-likeness (QED) is 0.390. The Hall–Kier alpha value is -2.01. The molecule has 0 atom stereocenters. The van der Waals surface area contributed by atoms with Crippen molar-refractivity contribution in [1.82, 2.24) is 0 Å². The molecule has 0 aliphatic carbocycles. The Morgan fingerprint density at radius 3 is 2.50 bits per heavy atom. The van der Waals surface area contributed by atoms with E-state index in [9.17, 15) is 0 Å². The Balaban J connectivity index is 2.37. The SMILES string of the molecule is Cc1cccc(N(C)c2ccc(/C(N)=N/O)c(Br)c2)c1. The van der Waals surface area contributed by atoms with Gasteiger partial charge in [0.1, 0.15) is 0 Å². The highest BCUT2D eigenvalue weighted by Crippen LogP contribution is 2.28. The van der Waals surface area contributed by atoms with E-state index in [0.717, 1.165) is 15.8 Å². The molecule has 0 bridgehead atoms. The van der Waals surface area contributed by atoms with E-state index in [1.807, 2.05) is 31.3 Å². The van der Waals surface area contributed by atoms with Gasteiger partial charge >= 0.3 is 0 Å². The monoisotopic (exact) mass is 333 g/mol. The van der Waals surface area contributed by atoms with Crippen LogP contribution in [-0.2, 0) is 0 Å². The number of hydrogen-bond acceptors (Lipinski definition) is 3. The van der Waals surface area contributed by atoms with Gasteiger partial charge in [-0.05, 0) is 58.7 Å². The Bertz CT molecular complexity index is 655. The molecule has 4 nitrogen and oxygen atoms in total. The fraction of sp³-hybridized carbons (Fsp3) is 0.133. The number of aryl methyl sites for hydroxylation is 1. The van der Waals surface area contributed by atoms with Crippen LogP contribution in [0.3, 0.4) is 0 Å². The second-order valence-corrected chi connectivity index (χ2v) is 5.40. The van der Waals surface area contributed by atoms with E-state index in [4.69, 9.17) is 10.9 Å². The normalized spacial score (nSPS) is 11.4. The molecule has 2 rings (SSSR count). The largest absolute Gasteiger partial charge is 0.409 e. The summed E-state index contributed by atoms with van der Waals surface area (Å²) in [6.45, 7) is 2.06. The molecule has 3 N–H and O–H groups in total. The van der Waals surface area contributed by atoms with E-state index >= 15 is 0 Å². The van der Waals surface area contributed by atoms with Crippen molar-refractivity contribution in [2.24, 2.45) is 10.9 Å². The molecule has 0 saturated heterocycles. The average Bonchev–Trinajstić information content (AvgIpc) is 2.45. The second kappa shape index (κ2) is 5.96. The van der Waals surface area contributed by atoms with Crippen LogP contribution in [0.25, 0.3) is 0 Å². The number of halogens is 1. The Morgan fingerprint density at radius 2 is 1.90 bits per heavy atom. The zero-order chi connectivity index (χ0) is 14.7. The van der Waals surface area contributed by atoms with Crippen LogP contribution in [0.4, 0.5) is 11.4 Å². The summed E-state index contributed by atoms with van der Waals surface area (Å²) in [4.78, 5) is 2.08. The minimum absolute atomic E-state index is 0.0848. The van der Waals surface area contributed by atoms with E-state index < -0.39 is 0 Å². The van der Waals surface area contributed by atoms with Crippen molar-refractivity contribution < 1.29 is 5.21 Å². The number of amidine groups is 1. The van der Waals surface area contributed by atoms with Crippen LogP contribution in [0.15, 0.2) is 52.1 Å². The number of nitrogens with zero attached hydrogens (tertiary/aromatic N) is 2. The molecule has 0 aliphatic rings. The third-order valence-corrected chi connectivity index (χ3v) is 3.77. The fourth-order valence-electron chi connectivity index (χ4n) is 1.96. The predicted octanol–water partition coefficient (Wildman–Crippen LogP) is 3.62. The van der Waals surface area contributed by atoms with E-state index in [-0.39, 0.29) is 5.84 Å². The summed E-state index contributed by atoms with van der Waals surface area (Å²) in [7, 11) is 2.00. The molecule has 104 valence electrons. The molecule has 0 unspecified atom stereocenters. The first-order valence-electron chi connectivity index (χ1n) is 6.11. The molecule has 0 radical (unpaired) electrons. The molecule has 0 aromatic heterocycles. The van der Waals surface area contributed by atoms with Crippen LogP contribution >= 0.6 is 15.9 Å². The number of anilines is 2. The van der Waals surface area contributed by atoms with Crippen LogP contribution < -0.4 is 10.6 Å². The van der Waals surface area contributed by atoms with Crippen molar-refractivity contribution in [3.05, 3.63) is 58.1 Å². The fourth-order valence-corrected chi connectivity index (χ4v) is 2.53. The van der Waals surface area contributed by atoms with Crippen molar-refractivity contribution >= 4 is 33.1 Å². The van der Waals surface area contributed by atoms with Gasteiger partial charge in [0.25, 0.3) is 0 Å². The van der Waals surface area contributed by atoms with Gasteiger partial charge < -0.3 is 15.8 Å². The summed E-state index contributed by atoms with van der Waals surface area (Å²) in [6.07, 6.45) is 0. The summed E-state index contributed by atoms with van der Waals surface area (Å²) >= 11 is 3.45. The molecule has 0 fully saturated rings. The molecular formula is C15H16BrN3O. The van der Waals surface area contributed by atoms with Gasteiger partial charge in [-0.15, -0.1) is 0 Å². The summed E-state index contributed by atoms with van der Waals surface area (Å²) in [5.41, 5.74) is 9.60. The van der Waals surface area contributed by atoms with Gasteiger partial charge in [-0.25, -0.2) is 0 Å². The maximum absolute atomic E-state index is 8.73. The van der Waals surface area contributed by atoms with E-state index in [0.29, 0.717) is 5.56 Å². The standard InChI is InChI=1S/C15H16BrN3O/c1-10-4-3-5-11(8-10)19(2)12-6-7-13(14(16)9-12)15(17)18-20/h3-9,20H,1-2H3,(H2,17,18). The summed E-state index contributed by atoms with van der Waals surface area (Å²) < 4.78 is 0.782. The summed E-state index contributed by atoms with van der Waals surface area (Å²) in [6, 6.07) is 14.0. The minimum atomic E-state index is 0.0848. The minimum Gasteiger partial charge on any atom is -0.409 e. The lowest BCUT2D eigenvalue weighted by molar-refractivity contribution is 0.318. The van der Waals surface area contributed by atoms with Crippen molar-refractivity contribution in [3.8, 4) is 0 Å². The molecule has 0 spiro atoms. The average molecular weight is 334 g/mol. The van der Waals surface area contributed by atoms with Crippen LogP contribution in [0.5, 0.6) is 0 Å². The number of nitrogens with two attached hydrogens (primary N) is 1. The van der Waals surface area contributed by atoms with Gasteiger partial charge in [-0.3, -0.25) is 0 Å². The molecular weight excluding hydrogens is 318 g/mol. The van der Waals surface area contributed by atoms with Gasteiger partial charge in [0, 0.05) is 28.5 Å².